The third kappa shape index (κ3) is 3.82. The highest BCUT2D eigenvalue weighted by Crippen LogP contribution is 2.33. The molecule has 0 bridgehead atoms. The van der Waals surface area contributed by atoms with Crippen molar-refractivity contribution in [2.45, 2.75) is 17.4 Å². The normalized spacial score (nSPS) is 13.2. The lowest BCUT2D eigenvalue weighted by molar-refractivity contribution is -0.137. The monoisotopic (exact) mass is 346 g/mol. The van der Waals surface area contributed by atoms with Gasteiger partial charge in [-0.3, -0.25) is 0 Å². The van der Waals surface area contributed by atoms with Gasteiger partial charge in [0.05, 0.1) is 5.56 Å². The summed E-state index contributed by atoms with van der Waals surface area (Å²) < 4.78 is 50.7. The molecule has 0 aliphatic rings. The topological polar surface area (TPSA) is 0 Å². The average molecular weight is 347 g/mol. The molecule has 20 heavy (non-hydrogen) atoms. The summed E-state index contributed by atoms with van der Waals surface area (Å²) >= 11 is 3.38. The van der Waals surface area contributed by atoms with E-state index in [1.165, 1.54) is 18.2 Å². The third-order valence-corrected chi connectivity index (χ3v) is 3.76. The first kappa shape index (κ1) is 15.0. The largest absolute Gasteiger partial charge is 0.416 e. The molecule has 2 aromatic carbocycles. The van der Waals surface area contributed by atoms with E-state index in [-0.39, 0.29) is 10.6 Å². The molecule has 0 fully saturated rings. The van der Waals surface area contributed by atoms with E-state index in [2.05, 4.69) is 15.9 Å². The van der Waals surface area contributed by atoms with Crippen LogP contribution < -0.4 is 0 Å². The van der Waals surface area contributed by atoms with Crippen molar-refractivity contribution >= 4 is 15.9 Å². The maximum absolute atomic E-state index is 12.8. The number of hydrogen-bond donors (Lipinski definition) is 0. The Labute approximate surface area is 122 Å². The second-order valence-corrected chi connectivity index (χ2v) is 5.53. The molecule has 0 aliphatic carbocycles. The molecule has 106 valence electrons. The minimum Gasteiger partial charge on any atom is -0.207 e. The Morgan fingerprint density at radius 3 is 2.25 bits per heavy atom. The summed E-state index contributed by atoms with van der Waals surface area (Å²) in [4.78, 5) is -0.254. The summed E-state index contributed by atoms with van der Waals surface area (Å²) in [6.45, 7) is 0. The molecular weight excluding hydrogens is 336 g/mol. The maximum Gasteiger partial charge on any atom is 0.416 e. The van der Waals surface area contributed by atoms with Crippen LogP contribution in [0.3, 0.4) is 0 Å². The summed E-state index contributed by atoms with van der Waals surface area (Å²) in [5.41, 5.74) is 0.730. The van der Waals surface area contributed by atoms with Gasteiger partial charge in [0.15, 0.2) is 0 Å². The molecule has 0 N–H and O–H groups in total. The van der Waals surface area contributed by atoms with E-state index >= 15 is 0 Å². The highest BCUT2D eigenvalue weighted by Gasteiger charge is 2.30. The van der Waals surface area contributed by atoms with Gasteiger partial charge in [-0.2, -0.15) is 13.2 Å². The molecule has 0 aliphatic heterocycles. The lowest BCUT2D eigenvalue weighted by Crippen LogP contribution is -2.06. The molecule has 0 nitrogen and oxygen atoms in total. The van der Waals surface area contributed by atoms with Crippen molar-refractivity contribution in [1.82, 2.24) is 0 Å². The lowest BCUT2D eigenvalue weighted by Gasteiger charge is -2.13. The van der Waals surface area contributed by atoms with Crippen LogP contribution in [0.1, 0.15) is 21.5 Å². The minimum atomic E-state index is -4.35. The van der Waals surface area contributed by atoms with E-state index < -0.39 is 11.7 Å². The first-order chi connectivity index (χ1) is 9.36. The molecule has 2 aromatic rings. The van der Waals surface area contributed by atoms with E-state index in [1.54, 1.807) is 18.2 Å². The molecule has 2 rings (SSSR count). The molecule has 1 atom stereocenters. The van der Waals surface area contributed by atoms with Gasteiger partial charge in [0.25, 0.3) is 0 Å². The predicted molar refractivity (Wildman–Crippen MR) is 73.2 cm³/mol. The van der Waals surface area contributed by atoms with E-state index in [1.807, 2.05) is 0 Å². The fourth-order valence-corrected chi connectivity index (χ4v) is 2.51. The van der Waals surface area contributed by atoms with Crippen molar-refractivity contribution in [2.75, 3.05) is 0 Å². The summed E-state index contributed by atoms with van der Waals surface area (Å²) in [7, 11) is 0. The first-order valence-corrected chi connectivity index (χ1v) is 6.83. The zero-order chi connectivity index (χ0) is 14.8. The molecule has 0 radical (unpaired) electrons. The smallest absolute Gasteiger partial charge is 0.207 e. The second-order valence-electron chi connectivity index (χ2n) is 4.42. The molecule has 0 saturated heterocycles. The van der Waals surface area contributed by atoms with E-state index in [9.17, 15) is 17.6 Å². The van der Waals surface area contributed by atoms with Crippen LogP contribution in [-0.4, -0.2) is 0 Å². The van der Waals surface area contributed by atoms with Gasteiger partial charge < -0.3 is 0 Å². The first-order valence-electron chi connectivity index (χ1n) is 5.92. The minimum absolute atomic E-state index is 0.254. The van der Waals surface area contributed by atoms with Crippen molar-refractivity contribution < 1.29 is 17.6 Å². The van der Waals surface area contributed by atoms with Crippen molar-refractivity contribution in [3.05, 3.63) is 71.0 Å². The molecule has 5 heteroatoms. The van der Waals surface area contributed by atoms with Crippen molar-refractivity contribution in [2.24, 2.45) is 0 Å². The quantitative estimate of drug-likeness (QED) is 0.506. The van der Waals surface area contributed by atoms with Crippen LogP contribution >= 0.6 is 15.9 Å². The van der Waals surface area contributed by atoms with Gasteiger partial charge >= 0.3 is 6.18 Å². The van der Waals surface area contributed by atoms with Gasteiger partial charge in [0.2, 0.25) is 0 Å². The highest BCUT2D eigenvalue weighted by molar-refractivity contribution is 9.09. The van der Waals surface area contributed by atoms with Crippen LogP contribution in [0.25, 0.3) is 0 Å². The Bertz CT molecular complexity index is 575. The number of alkyl halides is 4. The average Bonchev–Trinajstić information content (AvgIpc) is 2.40. The number of benzene rings is 2. The fraction of sp³-hybridized carbons (Fsp3) is 0.200. The van der Waals surface area contributed by atoms with Crippen LogP contribution in [0.5, 0.6) is 0 Å². The number of hydrogen-bond acceptors (Lipinski definition) is 0. The molecule has 0 aromatic heterocycles. The molecular formula is C15H11BrF4. The second kappa shape index (κ2) is 5.95. The number of rotatable bonds is 3. The van der Waals surface area contributed by atoms with Crippen molar-refractivity contribution in [3.8, 4) is 0 Å². The Balaban J connectivity index is 2.17. The van der Waals surface area contributed by atoms with Crippen LogP contribution in [0.4, 0.5) is 17.6 Å². The van der Waals surface area contributed by atoms with Gasteiger partial charge in [-0.25, -0.2) is 4.39 Å². The SMILES string of the molecule is Fc1ccc(CC(Br)c2cccc(C(F)(F)F)c2)cc1. The predicted octanol–water partition coefficient (Wildman–Crippen LogP) is 5.52. The fourth-order valence-electron chi connectivity index (χ4n) is 1.86. The van der Waals surface area contributed by atoms with Crippen LogP contribution in [-0.2, 0) is 12.6 Å². The molecule has 1 unspecified atom stereocenters. The van der Waals surface area contributed by atoms with Crippen LogP contribution in [0, 0.1) is 5.82 Å². The summed E-state index contributed by atoms with van der Waals surface area (Å²) in [6.07, 6.45) is -3.86. The summed E-state index contributed by atoms with van der Waals surface area (Å²) in [5, 5.41) is 0. The Morgan fingerprint density at radius 2 is 1.65 bits per heavy atom. The van der Waals surface area contributed by atoms with Gasteiger partial charge in [-0.05, 0) is 35.7 Å². The van der Waals surface area contributed by atoms with Gasteiger partial charge in [-0.15, -0.1) is 0 Å². The standard InChI is InChI=1S/C15H11BrF4/c16-14(8-10-4-6-13(17)7-5-10)11-2-1-3-12(9-11)15(18,19)20/h1-7,9,14H,8H2. The molecule has 0 saturated carbocycles. The Morgan fingerprint density at radius 1 is 1.00 bits per heavy atom. The lowest BCUT2D eigenvalue weighted by atomic mass is 10.0. The van der Waals surface area contributed by atoms with Gasteiger partial charge in [0, 0.05) is 4.83 Å². The van der Waals surface area contributed by atoms with E-state index in [0.29, 0.717) is 12.0 Å². The van der Waals surface area contributed by atoms with Crippen LogP contribution in [0.15, 0.2) is 48.5 Å². The zero-order valence-electron chi connectivity index (χ0n) is 10.3. The maximum atomic E-state index is 12.8. The number of halogens is 5. The molecule has 0 spiro atoms. The van der Waals surface area contributed by atoms with Crippen LogP contribution in [0.2, 0.25) is 0 Å². The Hall–Kier alpha value is -1.36. The van der Waals surface area contributed by atoms with Gasteiger partial charge in [0.1, 0.15) is 5.82 Å². The highest BCUT2D eigenvalue weighted by atomic mass is 79.9. The Kier molecular flexibility index (Phi) is 4.48. The van der Waals surface area contributed by atoms with E-state index in [0.717, 1.165) is 17.7 Å². The van der Waals surface area contributed by atoms with Crippen molar-refractivity contribution in [3.63, 3.8) is 0 Å². The zero-order valence-corrected chi connectivity index (χ0v) is 11.9. The molecule has 0 amide bonds. The summed E-state index contributed by atoms with van der Waals surface area (Å²) in [5.74, 6) is -0.334. The van der Waals surface area contributed by atoms with E-state index in [4.69, 9.17) is 0 Å². The summed E-state index contributed by atoms with van der Waals surface area (Å²) in [6, 6.07) is 11.1. The van der Waals surface area contributed by atoms with Crippen molar-refractivity contribution in [1.29, 1.82) is 0 Å². The molecule has 0 heterocycles. The third-order valence-electron chi connectivity index (χ3n) is 2.90. The van der Waals surface area contributed by atoms with Gasteiger partial charge in [-0.1, -0.05) is 46.3 Å².